The van der Waals surface area contributed by atoms with Crippen molar-refractivity contribution in [2.75, 3.05) is 12.3 Å². The Balaban J connectivity index is 1.91. The lowest BCUT2D eigenvalue weighted by Gasteiger charge is -2.12. The van der Waals surface area contributed by atoms with E-state index in [9.17, 15) is 4.79 Å². The lowest BCUT2D eigenvalue weighted by molar-refractivity contribution is 0.0518. The van der Waals surface area contributed by atoms with Crippen molar-refractivity contribution < 1.29 is 9.53 Å². The number of esters is 1. The molecule has 136 valence electrons. The summed E-state index contributed by atoms with van der Waals surface area (Å²) in [5.41, 5.74) is 11.1. The van der Waals surface area contributed by atoms with Gasteiger partial charge < -0.3 is 10.5 Å². The Morgan fingerprint density at radius 3 is 2.78 bits per heavy atom. The first-order chi connectivity index (χ1) is 13.1. The highest BCUT2D eigenvalue weighted by atomic mass is 35.5. The van der Waals surface area contributed by atoms with Crippen LogP contribution in [0.3, 0.4) is 0 Å². The van der Waals surface area contributed by atoms with Gasteiger partial charge in [-0.1, -0.05) is 23.7 Å². The number of rotatable bonds is 3. The van der Waals surface area contributed by atoms with Crippen LogP contribution in [0, 0.1) is 0 Å². The topological polar surface area (TPSA) is 82.5 Å². The van der Waals surface area contributed by atoms with Gasteiger partial charge in [0.25, 0.3) is 0 Å². The van der Waals surface area contributed by atoms with Crippen molar-refractivity contribution in [2.45, 2.75) is 13.5 Å². The van der Waals surface area contributed by atoms with E-state index in [1.165, 1.54) is 0 Å². The molecule has 4 rings (SSSR count). The number of halogens is 1. The molecule has 2 aromatic carbocycles. The summed E-state index contributed by atoms with van der Waals surface area (Å²) in [5, 5.41) is 0.654. The highest BCUT2D eigenvalue weighted by Gasteiger charge is 2.25. The molecule has 0 unspecified atom stereocenters. The van der Waals surface area contributed by atoms with Crippen LogP contribution in [0.1, 0.15) is 34.2 Å². The first-order valence-electron chi connectivity index (χ1n) is 8.52. The van der Waals surface area contributed by atoms with Gasteiger partial charge in [0.05, 0.1) is 30.2 Å². The number of aromatic nitrogens is 2. The number of anilines is 1. The molecule has 7 heteroatoms. The van der Waals surface area contributed by atoms with Crippen LogP contribution in [0.25, 0.3) is 5.69 Å². The van der Waals surface area contributed by atoms with Gasteiger partial charge in [0.2, 0.25) is 0 Å². The number of nitrogens with zero attached hydrogens (tertiary/aromatic N) is 3. The van der Waals surface area contributed by atoms with Crippen molar-refractivity contribution in [1.82, 2.24) is 9.55 Å². The first kappa shape index (κ1) is 17.3. The molecule has 2 N–H and O–H groups in total. The fraction of sp³-hybridized carbons (Fsp3) is 0.150. The number of imidazole rings is 1. The molecule has 0 spiro atoms. The zero-order valence-electron chi connectivity index (χ0n) is 14.6. The summed E-state index contributed by atoms with van der Waals surface area (Å²) in [4.78, 5) is 21.3. The number of hydrogen-bond donors (Lipinski definition) is 1. The molecule has 0 saturated heterocycles. The lowest BCUT2D eigenvalue weighted by atomic mass is 10.00. The van der Waals surface area contributed by atoms with Gasteiger partial charge in [-0.3, -0.25) is 9.56 Å². The van der Waals surface area contributed by atoms with Crippen molar-refractivity contribution in [3.8, 4) is 5.69 Å². The number of fused-ring (bicyclic) bond motifs is 3. The largest absolute Gasteiger partial charge is 0.461 e. The SMILES string of the molecule is CCOC(=O)c1ncn2c1CN=C(c1ccc(Cl)cc1)c1cc(N)ccc1-2. The molecular weight excluding hydrogens is 364 g/mol. The Morgan fingerprint density at radius 1 is 1.26 bits per heavy atom. The molecule has 6 nitrogen and oxygen atoms in total. The molecule has 3 aromatic rings. The smallest absolute Gasteiger partial charge is 0.358 e. The third-order valence-corrected chi connectivity index (χ3v) is 4.63. The number of benzene rings is 2. The maximum atomic E-state index is 12.3. The first-order valence-corrected chi connectivity index (χ1v) is 8.90. The van der Waals surface area contributed by atoms with Crippen LogP contribution in [0.4, 0.5) is 5.69 Å². The molecule has 27 heavy (non-hydrogen) atoms. The monoisotopic (exact) mass is 380 g/mol. The second kappa shape index (κ2) is 6.89. The van der Waals surface area contributed by atoms with Crippen molar-refractivity contribution >= 4 is 29.0 Å². The lowest BCUT2D eigenvalue weighted by Crippen LogP contribution is -2.09. The summed E-state index contributed by atoms with van der Waals surface area (Å²) in [6.45, 7) is 2.35. The van der Waals surface area contributed by atoms with Crippen molar-refractivity contribution in [3.63, 3.8) is 0 Å². The van der Waals surface area contributed by atoms with Gasteiger partial charge >= 0.3 is 5.97 Å². The van der Waals surface area contributed by atoms with E-state index in [0.717, 1.165) is 22.5 Å². The van der Waals surface area contributed by atoms with E-state index in [2.05, 4.69) is 4.98 Å². The van der Waals surface area contributed by atoms with Crippen LogP contribution in [-0.2, 0) is 11.3 Å². The van der Waals surface area contributed by atoms with E-state index < -0.39 is 5.97 Å². The molecular formula is C20H17ClN4O2. The average Bonchev–Trinajstić information content (AvgIpc) is 3.01. The third kappa shape index (κ3) is 3.08. The Bertz CT molecular complexity index is 1050. The summed E-state index contributed by atoms with van der Waals surface area (Å²) in [5.74, 6) is -0.451. The Morgan fingerprint density at radius 2 is 2.04 bits per heavy atom. The molecule has 0 saturated carbocycles. The van der Waals surface area contributed by atoms with Gasteiger partial charge in [-0.25, -0.2) is 9.78 Å². The maximum Gasteiger partial charge on any atom is 0.358 e. The number of carbonyl (C=O) groups excluding carboxylic acids is 1. The van der Waals surface area contributed by atoms with Gasteiger partial charge in [0.1, 0.15) is 6.33 Å². The van der Waals surface area contributed by atoms with Gasteiger partial charge in [-0.2, -0.15) is 0 Å². The number of nitrogen functional groups attached to an aromatic ring is 1. The molecule has 0 atom stereocenters. The number of hydrogen-bond acceptors (Lipinski definition) is 5. The quantitative estimate of drug-likeness (QED) is 0.555. The highest BCUT2D eigenvalue weighted by molar-refractivity contribution is 6.30. The fourth-order valence-electron chi connectivity index (χ4n) is 3.15. The fourth-order valence-corrected chi connectivity index (χ4v) is 3.28. The van der Waals surface area contributed by atoms with Gasteiger partial charge in [0, 0.05) is 21.8 Å². The van der Waals surface area contributed by atoms with E-state index >= 15 is 0 Å². The second-order valence-corrected chi connectivity index (χ2v) is 6.52. The van der Waals surface area contributed by atoms with Crippen molar-refractivity contribution in [3.05, 3.63) is 76.3 Å². The maximum absolute atomic E-state index is 12.3. The zero-order chi connectivity index (χ0) is 19.0. The normalized spacial score (nSPS) is 12.6. The molecule has 1 aromatic heterocycles. The average molecular weight is 381 g/mol. The predicted octanol–water partition coefficient (Wildman–Crippen LogP) is 3.64. The molecule has 2 heterocycles. The van der Waals surface area contributed by atoms with E-state index in [-0.39, 0.29) is 12.3 Å². The van der Waals surface area contributed by atoms with E-state index in [4.69, 9.17) is 27.1 Å². The minimum absolute atomic E-state index is 0.278. The Hall–Kier alpha value is -3.12. The van der Waals surface area contributed by atoms with Gasteiger partial charge in [-0.15, -0.1) is 0 Å². The molecule has 1 aliphatic heterocycles. The summed E-state index contributed by atoms with van der Waals surface area (Å²) in [7, 11) is 0. The number of aliphatic imine (C=N–C) groups is 1. The molecule has 0 radical (unpaired) electrons. The minimum atomic E-state index is -0.451. The molecule has 0 fully saturated rings. The molecule has 1 aliphatic rings. The van der Waals surface area contributed by atoms with Crippen LogP contribution in [0.5, 0.6) is 0 Å². The molecule has 0 bridgehead atoms. The second-order valence-electron chi connectivity index (χ2n) is 6.08. The van der Waals surface area contributed by atoms with Gasteiger partial charge in [0.15, 0.2) is 5.69 Å². The Kier molecular flexibility index (Phi) is 4.41. The molecule has 0 amide bonds. The summed E-state index contributed by atoms with van der Waals surface area (Å²) >= 11 is 6.03. The minimum Gasteiger partial charge on any atom is -0.461 e. The zero-order valence-corrected chi connectivity index (χ0v) is 15.4. The number of ether oxygens (including phenoxy) is 1. The number of carbonyl (C=O) groups is 1. The number of nitrogens with two attached hydrogens (primary N) is 1. The van der Waals surface area contributed by atoms with E-state index in [1.807, 2.05) is 47.0 Å². The van der Waals surface area contributed by atoms with Crippen LogP contribution >= 0.6 is 11.6 Å². The van der Waals surface area contributed by atoms with Crippen LogP contribution in [0.2, 0.25) is 5.02 Å². The van der Waals surface area contributed by atoms with E-state index in [1.54, 1.807) is 13.3 Å². The van der Waals surface area contributed by atoms with Crippen LogP contribution in [-0.4, -0.2) is 27.8 Å². The summed E-state index contributed by atoms with van der Waals surface area (Å²) in [6, 6.07) is 13.1. The van der Waals surface area contributed by atoms with Crippen LogP contribution in [0.15, 0.2) is 53.8 Å². The van der Waals surface area contributed by atoms with E-state index in [0.29, 0.717) is 22.9 Å². The van der Waals surface area contributed by atoms with Crippen molar-refractivity contribution in [1.29, 1.82) is 0 Å². The third-order valence-electron chi connectivity index (χ3n) is 4.38. The predicted molar refractivity (Wildman–Crippen MR) is 105 cm³/mol. The van der Waals surface area contributed by atoms with Gasteiger partial charge in [-0.05, 0) is 37.3 Å². The summed E-state index contributed by atoms with van der Waals surface area (Å²) in [6.07, 6.45) is 1.62. The Labute approximate surface area is 161 Å². The van der Waals surface area contributed by atoms with Crippen LogP contribution < -0.4 is 5.73 Å². The standard InChI is InChI=1S/C20H17ClN4O2/c1-2-27-20(26)19-17-10-23-18(12-3-5-13(21)6-4-12)15-9-14(22)7-8-16(15)25(17)11-24-19/h3-9,11H,2,10,22H2,1H3. The highest BCUT2D eigenvalue weighted by Crippen LogP contribution is 2.28. The summed E-state index contributed by atoms with van der Waals surface area (Å²) < 4.78 is 7.00. The van der Waals surface area contributed by atoms with Crippen molar-refractivity contribution in [2.24, 2.45) is 4.99 Å². The molecule has 0 aliphatic carbocycles.